The fourth-order valence-corrected chi connectivity index (χ4v) is 4.68. The molecule has 2 aliphatic heterocycles. The Kier molecular flexibility index (Phi) is 2.87. The van der Waals surface area contributed by atoms with E-state index in [0.717, 1.165) is 22.7 Å². The van der Waals surface area contributed by atoms with Gasteiger partial charge in [-0.25, -0.2) is 4.79 Å². The van der Waals surface area contributed by atoms with Crippen molar-refractivity contribution in [2.45, 2.75) is 4.87 Å². The van der Waals surface area contributed by atoms with E-state index in [1.54, 1.807) is 18.0 Å². The lowest BCUT2D eigenvalue weighted by Gasteiger charge is -2.41. The lowest BCUT2D eigenvalue weighted by atomic mass is 9.97. The highest BCUT2D eigenvalue weighted by atomic mass is 35.5. The molecule has 1 fully saturated rings. The number of anilines is 1. The number of fused-ring (bicyclic) bond motifs is 3. The van der Waals surface area contributed by atoms with Crippen LogP contribution in [0.1, 0.15) is 11.3 Å². The zero-order valence-electron chi connectivity index (χ0n) is 11.0. The summed E-state index contributed by atoms with van der Waals surface area (Å²) in [7, 11) is 0. The number of thioether (sulfide) groups is 1. The minimum Gasteiger partial charge on any atom is -0.306 e. The van der Waals surface area contributed by atoms with E-state index in [9.17, 15) is 4.79 Å². The molecule has 1 aromatic carbocycles. The van der Waals surface area contributed by atoms with Crippen LogP contribution in [0.3, 0.4) is 0 Å². The Labute approximate surface area is 131 Å². The maximum absolute atomic E-state index is 12.4. The quantitative estimate of drug-likeness (QED) is 0.875. The van der Waals surface area contributed by atoms with Gasteiger partial charge in [-0.2, -0.15) is 0 Å². The largest absolute Gasteiger partial charge is 0.323 e. The number of amides is 2. The van der Waals surface area contributed by atoms with Crippen molar-refractivity contribution >= 4 is 35.1 Å². The van der Waals surface area contributed by atoms with E-state index in [-0.39, 0.29) is 6.03 Å². The van der Waals surface area contributed by atoms with Gasteiger partial charge in [-0.1, -0.05) is 23.7 Å². The lowest BCUT2D eigenvalue weighted by Crippen LogP contribution is -2.50. The summed E-state index contributed by atoms with van der Waals surface area (Å²) in [4.78, 5) is 18.3. The molecule has 0 saturated carbocycles. The Morgan fingerprint density at radius 2 is 2.24 bits per heavy atom. The summed E-state index contributed by atoms with van der Waals surface area (Å²) in [5.41, 5.74) is 2.63. The molecule has 1 aromatic heterocycles. The smallest absolute Gasteiger partial charge is 0.306 e. The van der Waals surface area contributed by atoms with Crippen molar-refractivity contribution in [1.29, 1.82) is 0 Å². The van der Waals surface area contributed by atoms with Gasteiger partial charge in [-0.15, -0.1) is 11.8 Å². The number of nitrogens with one attached hydrogen (secondary N) is 1. The fourth-order valence-electron chi connectivity index (χ4n) is 2.99. The number of hydrogen-bond donors (Lipinski definition) is 1. The van der Waals surface area contributed by atoms with Crippen LogP contribution in [0.2, 0.25) is 5.02 Å². The molecule has 2 aliphatic rings. The van der Waals surface area contributed by atoms with Crippen LogP contribution in [0.15, 0.2) is 42.6 Å². The van der Waals surface area contributed by atoms with Crippen molar-refractivity contribution in [3.8, 4) is 0 Å². The third-order valence-electron chi connectivity index (χ3n) is 3.84. The zero-order chi connectivity index (χ0) is 14.4. The summed E-state index contributed by atoms with van der Waals surface area (Å²) < 4.78 is 0. The van der Waals surface area contributed by atoms with Crippen molar-refractivity contribution in [1.82, 2.24) is 9.88 Å². The molecular formula is C15H12ClN3OS. The zero-order valence-corrected chi connectivity index (χ0v) is 12.6. The Hall–Kier alpha value is -1.72. The predicted octanol–water partition coefficient (Wildman–Crippen LogP) is 3.53. The predicted molar refractivity (Wildman–Crippen MR) is 84.7 cm³/mol. The van der Waals surface area contributed by atoms with Gasteiger partial charge in [0.2, 0.25) is 0 Å². The molecule has 2 aromatic rings. The van der Waals surface area contributed by atoms with Gasteiger partial charge in [0.1, 0.15) is 5.69 Å². The highest BCUT2D eigenvalue weighted by molar-refractivity contribution is 8.00. The van der Waals surface area contributed by atoms with E-state index in [4.69, 9.17) is 11.6 Å². The number of carbonyl (C=O) groups is 1. The first-order valence-corrected chi connectivity index (χ1v) is 8.02. The molecule has 1 unspecified atom stereocenters. The molecule has 0 radical (unpaired) electrons. The van der Waals surface area contributed by atoms with Crippen molar-refractivity contribution < 1.29 is 4.79 Å². The molecule has 0 spiro atoms. The van der Waals surface area contributed by atoms with Crippen LogP contribution in [0.25, 0.3) is 0 Å². The normalized spacial score (nSPS) is 23.5. The summed E-state index contributed by atoms with van der Waals surface area (Å²) in [5, 5.41) is 3.58. The number of halogens is 1. The van der Waals surface area contributed by atoms with Crippen LogP contribution in [0, 0.1) is 0 Å². The Morgan fingerprint density at radius 3 is 3.10 bits per heavy atom. The van der Waals surface area contributed by atoms with Gasteiger partial charge in [-0.3, -0.25) is 9.88 Å². The van der Waals surface area contributed by atoms with Crippen LogP contribution < -0.4 is 5.32 Å². The molecule has 4 rings (SSSR count). The highest BCUT2D eigenvalue weighted by Crippen LogP contribution is 2.53. The second kappa shape index (κ2) is 4.64. The average Bonchev–Trinajstić information content (AvgIpc) is 2.94. The second-order valence-electron chi connectivity index (χ2n) is 4.98. The van der Waals surface area contributed by atoms with Crippen LogP contribution in [-0.4, -0.2) is 28.2 Å². The van der Waals surface area contributed by atoms with E-state index in [1.165, 1.54) is 0 Å². The van der Waals surface area contributed by atoms with Crippen LogP contribution in [0.5, 0.6) is 0 Å². The van der Waals surface area contributed by atoms with Gasteiger partial charge >= 0.3 is 6.03 Å². The summed E-state index contributed by atoms with van der Waals surface area (Å²) in [6.07, 6.45) is 1.76. The van der Waals surface area contributed by atoms with E-state index < -0.39 is 4.87 Å². The molecular weight excluding hydrogens is 306 g/mol. The number of urea groups is 1. The number of carbonyl (C=O) groups excluding carboxylic acids is 1. The third kappa shape index (κ3) is 1.77. The van der Waals surface area contributed by atoms with E-state index in [2.05, 4.69) is 10.3 Å². The molecule has 0 bridgehead atoms. The Bertz CT molecular complexity index is 738. The van der Waals surface area contributed by atoms with Gasteiger partial charge in [0.05, 0.1) is 5.69 Å². The highest BCUT2D eigenvalue weighted by Gasteiger charge is 2.52. The molecule has 21 heavy (non-hydrogen) atoms. The molecule has 1 atom stereocenters. The second-order valence-corrected chi connectivity index (χ2v) is 6.71. The van der Waals surface area contributed by atoms with E-state index in [0.29, 0.717) is 11.6 Å². The molecule has 2 amide bonds. The van der Waals surface area contributed by atoms with Crippen molar-refractivity contribution in [2.24, 2.45) is 0 Å². The minimum atomic E-state index is -0.580. The molecule has 4 nitrogen and oxygen atoms in total. The maximum atomic E-state index is 12.4. The van der Waals surface area contributed by atoms with E-state index in [1.807, 2.05) is 41.3 Å². The summed E-state index contributed by atoms with van der Waals surface area (Å²) in [6.45, 7) is 0.693. The molecule has 1 N–H and O–H groups in total. The van der Waals surface area contributed by atoms with Crippen LogP contribution in [-0.2, 0) is 4.87 Å². The first kappa shape index (κ1) is 13.0. The number of pyridine rings is 1. The molecule has 3 heterocycles. The molecule has 6 heteroatoms. The lowest BCUT2D eigenvalue weighted by molar-refractivity contribution is 0.194. The average molecular weight is 318 g/mol. The Morgan fingerprint density at radius 1 is 1.33 bits per heavy atom. The van der Waals surface area contributed by atoms with Gasteiger partial charge in [-0.05, 0) is 29.8 Å². The van der Waals surface area contributed by atoms with E-state index >= 15 is 0 Å². The van der Waals surface area contributed by atoms with Gasteiger partial charge < -0.3 is 5.32 Å². The monoisotopic (exact) mass is 317 g/mol. The first-order valence-electron chi connectivity index (χ1n) is 6.66. The fraction of sp³-hybridized carbons (Fsp3) is 0.200. The van der Waals surface area contributed by atoms with Gasteiger partial charge in [0.25, 0.3) is 0 Å². The SMILES string of the molecule is O=C1Nc2cccnc2C2(c3cccc(Cl)c3)SCCN12. The topological polar surface area (TPSA) is 45.2 Å². The summed E-state index contributed by atoms with van der Waals surface area (Å²) >= 11 is 7.89. The first-order chi connectivity index (χ1) is 10.2. The number of nitrogens with zero attached hydrogens (tertiary/aromatic N) is 2. The number of aromatic nitrogens is 1. The molecule has 1 saturated heterocycles. The van der Waals surface area contributed by atoms with Crippen molar-refractivity contribution in [2.75, 3.05) is 17.6 Å². The van der Waals surface area contributed by atoms with Gasteiger partial charge in [0, 0.05) is 23.5 Å². The molecule has 106 valence electrons. The number of rotatable bonds is 1. The molecule has 0 aliphatic carbocycles. The van der Waals surface area contributed by atoms with Crippen LogP contribution in [0.4, 0.5) is 10.5 Å². The summed E-state index contributed by atoms with van der Waals surface area (Å²) in [5.74, 6) is 0.871. The number of hydrogen-bond acceptors (Lipinski definition) is 3. The van der Waals surface area contributed by atoms with Crippen molar-refractivity contribution in [3.63, 3.8) is 0 Å². The maximum Gasteiger partial charge on any atom is 0.323 e. The third-order valence-corrected chi connectivity index (χ3v) is 5.53. The van der Waals surface area contributed by atoms with Crippen molar-refractivity contribution in [3.05, 3.63) is 58.9 Å². The van der Waals surface area contributed by atoms with Crippen LogP contribution >= 0.6 is 23.4 Å². The standard InChI is InChI=1S/C15H12ClN3OS/c16-11-4-1-3-10(9-11)15-13-12(5-2-6-17-13)18-14(20)19(15)7-8-21-15/h1-6,9H,7-8H2,(H,18,20). The number of benzene rings is 1. The minimum absolute atomic E-state index is 0.0829. The van der Waals surface area contributed by atoms with Gasteiger partial charge in [0.15, 0.2) is 4.87 Å². The summed E-state index contributed by atoms with van der Waals surface area (Å²) in [6, 6.07) is 11.3. The Balaban J connectivity index is 2.01.